The van der Waals surface area contributed by atoms with Gasteiger partial charge in [0.05, 0.1) is 26.4 Å². The lowest BCUT2D eigenvalue weighted by molar-refractivity contribution is 0.0246. The van der Waals surface area contributed by atoms with Crippen molar-refractivity contribution in [2.75, 3.05) is 26.9 Å². The summed E-state index contributed by atoms with van der Waals surface area (Å²) in [5.41, 5.74) is 0. The molecule has 1 aliphatic heterocycles. The van der Waals surface area contributed by atoms with Gasteiger partial charge in [0, 0.05) is 12.6 Å². The molecule has 1 aromatic carbocycles. The highest BCUT2D eigenvalue weighted by Gasteiger charge is 2.43. The third-order valence-electron chi connectivity index (χ3n) is 4.01. The standard InChI is InChI=1S/C14H18FNO4S/c1-19-11-4-5-14(12(15)8-11)21(17,18)16-6-7-20-9-13(16)10-2-3-10/h4-5,8,10,13H,2-3,6-7,9H2,1H3. The highest BCUT2D eigenvalue weighted by atomic mass is 32.2. The number of methoxy groups -OCH3 is 1. The molecule has 1 aliphatic carbocycles. The fraction of sp³-hybridized carbons (Fsp3) is 0.571. The Bertz CT molecular complexity index is 630. The predicted molar refractivity (Wildman–Crippen MR) is 74.2 cm³/mol. The highest BCUT2D eigenvalue weighted by molar-refractivity contribution is 7.89. The third-order valence-corrected chi connectivity index (χ3v) is 5.96. The number of benzene rings is 1. The molecular weight excluding hydrogens is 297 g/mol. The summed E-state index contributed by atoms with van der Waals surface area (Å²) in [6.45, 7) is 1.01. The quantitative estimate of drug-likeness (QED) is 0.847. The molecule has 21 heavy (non-hydrogen) atoms. The molecule has 2 aliphatic rings. The van der Waals surface area contributed by atoms with E-state index < -0.39 is 15.8 Å². The van der Waals surface area contributed by atoms with Gasteiger partial charge in [0.15, 0.2) is 0 Å². The Labute approximate surface area is 123 Å². The maximum absolute atomic E-state index is 14.1. The maximum Gasteiger partial charge on any atom is 0.246 e. The van der Waals surface area contributed by atoms with Crippen molar-refractivity contribution in [1.82, 2.24) is 4.31 Å². The predicted octanol–water partition coefficient (Wildman–Crippen LogP) is 1.63. The van der Waals surface area contributed by atoms with Gasteiger partial charge < -0.3 is 9.47 Å². The van der Waals surface area contributed by atoms with Gasteiger partial charge in [0.2, 0.25) is 10.0 Å². The Hall–Kier alpha value is -1.18. The molecule has 7 heteroatoms. The third kappa shape index (κ3) is 2.77. The van der Waals surface area contributed by atoms with Crippen molar-refractivity contribution in [1.29, 1.82) is 0 Å². The lowest BCUT2D eigenvalue weighted by Crippen LogP contribution is -2.49. The minimum Gasteiger partial charge on any atom is -0.497 e. The molecule has 0 radical (unpaired) electrons. The second kappa shape index (κ2) is 5.55. The van der Waals surface area contributed by atoms with E-state index in [1.807, 2.05) is 0 Å². The minimum absolute atomic E-state index is 0.176. The van der Waals surface area contributed by atoms with Crippen molar-refractivity contribution in [2.45, 2.75) is 23.8 Å². The molecule has 0 aromatic heterocycles. The summed E-state index contributed by atoms with van der Waals surface area (Å²) in [6, 6.07) is 3.65. The molecule has 3 rings (SSSR count). The first-order valence-corrected chi connectivity index (χ1v) is 8.41. The number of hydrogen-bond donors (Lipinski definition) is 0. The number of sulfonamides is 1. The summed E-state index contributed by atoms with van der Waals surface area (Å²) in [4.78, 5) is -0.296. The van der Waals surface area contributed by atoms with Crippen LogP contribution in [0, 0.1) is 11.7 Å². The van der Waals surface area contributed by atoms with E-state index in [-0.39, 0.29) is 17.5 Å². The summed E-state index contributed by atoms with van der Waals surface area (Å²) in [5, 5.41) is 0. The van der Waals surface area contributed by atoms with E-state index >= 15 is 0 Å². The van der Waals surface area contributed by atoms with Crippen LogP contribution in [0.25, 0.3) is 0 Å². The van der Waals surface area contributed by atoms with Crippen LogP contribution in [0.4, 0.5) is 4.39 Å². The molecule has 0 spiro atoms. The highest BCUT2D eigenvalue weighted by Crippen LogP contribution is 2.39. The normalized spacial score (nSPS) is 24.0. The molecule has 1 unspecified atom stereocenters. The number of hydrogen-bond acceptors (Lipinski definition) is 4. The zero-order valence-corrected chi connectivity index (χ0v) is 12.6. The van der Waals surface area contributed by atoms with Gasteiger partial charge in [0.1, 0.15) is 16.5 Å². The lowest BCUT2D eigenvalue weighted by atomic mass is 10.2. The van der Waals surface area contributed by atoms with Crippen molar-refractivity contribution in [3.8, 4) is 5.75 Å². The molecule has 5 nitrogen and oxygen atoms in total. The molecule has 116 valence electrons. The molecule has 1 saturated heterocycles. The van der Waals surface area contributed by atoms with Gasteiger partial charge in [-0.1, -0.05) is 0 Å². The van der Waals surface area contributed by atoms with Gasteiger partial charge in [-0.25, -0.2) is 12.8 Å². The first-order valence-electron chi connectivity index (χ1n) is 6.97. The zero-order valence-electron chi connectivity index (χ0n) is 11.8. The topological polar surface area (TPSA) is 55.8 Å². The minimum atomic E-state index is -3.85. The summed E-state index contributed by atoms with van der Waals surface area (Å²) in [7, 11) is -2.44. The smallest absolute Gasteiger partial charge is 0.246 e. The van der Waals surface area contributed by atoms with Gasteiger partial charge in [0.25, 0.3) is 0 Å². The van der Waals surface area contributed by atoms with Crippen LogP contribution in [0.3, 0.4) is 0 Å². The van der Waals surface area contributed by atoms with Crippen molar-refractivity contribution < 1.29 is 22.3 Å². The molecule has 1 aromatic rings. The Kier molecular flexibility index (Phi) is 3.90. The Morgan fingerprint density at radius 3 is 2.76 bits per heavy atom. The number of nitrogens with zero attached hydrogens (tertiary/aromatic N) is 1. The Morgan fingerprint density at radius 2 is 2.14 bits per heavy atom. The zero-order chi connectivity index (χ0) is 15.0. The summed E-state index contributed by atoms with van der Waals surface area (Å²) in [6.07, 6.45) is 2.01. The number of morpholine rings is 1. The fourth-order valence-corrected chi connectivity index (χ4v) is 4.40. The van der Waals surface area contributed by atoms with Crippen LogP contribution in [0.2, 0.25) is 0 Å². The van der Waals surface area contributed by atoms with E-state index in [0.29, 0.717) is 24.9 Å². The van der Waals surface area contributed by atoms with Crippen LogP contribution in [0.1, 0.15) is 12.8 Å². The molecule has 0 amide bonds. The molecule has 2 fully saturated rings. The first-order chi connectivity index (χ1) is 10.0. The second-order valence-electron chi connectivity index (χ2n) is 5.39. The van der Waals surface area contributed by atoms with Gasteiger partial charge in [-0.2, -0.15) is 4.31 Å². The van der Waals surface area contributed by atoms with Gasteiger partial charge in [-0.15, -0.1) is 0 Å². The second-order valence-corrected chi connectivity index (χ2v) is 7.25. The van der Waals surface area contributed by atoms with Crippen molar-refractivity contribution in [2.24, 2.45) is 5.92 Å². The summed E-state index contributed by atoms with van der Waals surface area (Å²) in [5.74, 6) is -0.149. The van der Waals surface area contributed by atoms with Crippen LogP contribution in [-0.2, 0) is 14.8 Å². The maximum atomic E-state index is 14.1. The van der Waals surface area contributed by atoms with E-state index in [1.165, 1.54) is 23.5 Å². The SMILES string of the molecule is COc1ccc(S(=O)(=O)N2CCOCC2C2CC2)c(F)c1. The van der Waals surface area contributed by atoms with Crippen LogP contribution < -0.4 is 4.74 Å². The van der Waals surface area contributed by atoms with Crippen LogP contribution in [0.5, 0.6) is 5.75 Å². The fourth-order valence-electron chi connectivity index (χ4n) is 2.70. The van der Waals surface area contributed by atoms with Gasteiger partial charge in [-0.05, 0) is 30.9 Å². The lowest BCUT2D eigenvalue weighted by Gasteiger charge is -2.34. The summed E-state index contributed by atoms with van der Waals surface area (Å²) < 4.78 is 51.3. The molecule has 1 saturated carbocycles. The monoisotopic (exact) mass is 315 g/mol. The largest absolute Gasteiger partial charge is 0.497 e. The van der Waals surface area contributed by atoms with Gasteiger partial charge >= 0.3 is 0 Å². The van der Waals surface area contributed by atoms with Crippen molar-refractivity contribution in [3.63, 3.8) is 0 Å². The van der Waals surface area contributed by atoms with E-state index in [0.717, 1.165) is 18.9 Å². The number of halogens is 1. The summed E-state index contributed by atoms with van der Waals surface area (Å²) >= 11 is 0. The van der Waals surface area contributed by atoms with E-state index in [1.54, 1.807) is 0 Å². The molecule has 1 heterocycles. The number of rotatable bonds is 4. The van der Waals surface area contributed by atoms with E-state index in [4.69, 9.17) is 9.47 Å². The molecular formula is C14H18FNO4S. The number of ether oxygens (including phenoxy) is 2. The van der Waals surface area contributed by atoms with Crippen molar-refractivity contribution in [3.05, 3.63) is 24.0 Å². The van der Waals surface area contributed by atoms with Crippen LogP contribution in [-0.4, -0.2) is 45.6 Å². The van der Waals surface area contributed by atoms with Gasteiger partial charge in [-0.3, -0.25) is 0 Å². The first kappa shape index (κ1) is 14.7. The Balaban J connectivity index is 1.95. The van der Waals surface area contributed by atoms with E-state index in [9.17, 15) is 12.8 Å². The average molecular weight is 315 g/mol. The average Bonchev–Trinajstić information content (AvgIpc) is 3.31. The van der Waals surface area contributed by atoms with Crippen molar-refractivity contribution >= 4 is 10.0 Å². The molecule has 0 bridgehead atoms. The Morgan fingerprint density at radius 1 is 1.38 bits per heavy atom. The van der Waals surface area contributed by atoms with Crippen LogP contribution >= 0.6 is 0 Å². The van der Waals surface area contributed by atoms with Crippen LogP contribution in [0.15, 0.2) is 23.1 Å². The molecule has 1 atom stereocenters. The van der Waals surface area contributed by atoms with E-state index in [2.05, 4.69) is 0 Å². The molecule has 0 N–H and O–H groups in total.